The van der Waals surface area contributed by atoms with E-state index < -0.39 is 0 Å². The second-order valence-corrected chi connectivity index (χ2v) is 5.43. The van der Waals surface area contributed by atoms with Crippen LogP contribution in [0.3, 0.4) is 0 Å². The minimum Gasteiger partial charge on any atom is -0.195 e. The SMILES string of the molecule is Clc1ccc(-n2nnnc2Cn2nnc(-c3ccccc3)n2)cc1. The highest BCUT2D eigenvalue weighted by Gasteiger charge is 2.12. The van der Waals surface area contributed by atoms with E-state index in [4.69, 9.17) is 11.6 Å². The number of tetrazole rings is 2. The van der Waals surface area contributed by atoms with Crippen LogP contribution in [0.2, 0.25) is 5.02 Å². The molecule has 2 aromatic carbocycles. The maximum atomic E-state index is 5.91. The third-order valence-electron chi connectivity index (χ3n) is 3.37. The van der Waals surface area contributed by atoms with Gasteiger partial charge in [0.15, 0.2) is 5.82 Å². The summed E-state index contributed by atoms with van der Waals surface area (Å²) < 4.78 is 1.61. The average molecular weight is 339 g/mol. The van der Waals surface area contributed by atoms with Gasteiger partial charge in [-0.1, -0.05) is 41.9 Å². The van der Waals surface area contributed by atoms with E-state index in [-0.39, 0.29) is 0 Å². The van der Waals surface area contributed by atoms with Gasteiger partial charge in [-0.3, -0.25) is 0 Å². The first-order valence-corrected chi connectivity index (χ1v) is 7.54. The molecular weight excluding hydrogens is 328 g/mol. The Hall–Kier alpha value is -3.13. The largest absolute Gasteiger partial charge is 0.204 e. The Kier molecular flexibility index (Phi) is 3.72. The van der Waals surface area contributed by atoms with Crippen molar-refractivity contribution in [3.8, 4) is 17.1 Å². The van der Waals surface area contributed by atoms with Crippen molar-refractivity contribution in [1.29, 1.82) is 0 Å². The van der Waals surface area contributed by atoms with E-state index in [1.807, 2.05) is 42.5 Å². The fourth-order valence-electron chi connectivity index (χ4n) is 2.23. The Balaban J connectivity index is 1.60. The maximum Gasteiger partial charge on any atom is 0.204 e. The Morgan fingerprint density at radius 3 is 2.46 bits per heavy atom. The lowest BCUT2D eigenvalue weighted by Gasteiger charge is -2.03. The van der Waals surface area contributed by atoms with Crippen molar-refractivity contribution in [2.24, 2.45) is 0 Å². The number of halogens is 1. The Morgan fingerprint density at radius 1 is 0.875 bits per heavy atom. The summed E-state index contributed by atoms with van der Waals surface area (Å²) in [6.07, 6.45) is 0. The molecule has 0 bridgehead atoms. The molecule has 0 unspecified atom stereocenters. The standard InChI is InChI=1S/C15H11ClN8/c16-12-6-8-13(9-7-12)24-14(17-20-22-24)10-23-19-15(18-21-23)11-4-2-1-3-5-11/h1-9H,10H2. The van der Waals surface area contributed by atoms with E-state index in [2.05, 4.69) is 30.9 Å². The third-order valence-corrected chi connectivity index (χ3v) is 3.62. The quantitative estimate of drug-likeness (QED) is 0.565. The second-order valence-electron chi connectivity index (χ2n) is 4.99. The molecule has 0 saturated carbocycles. The number of hydrogen-bond donors (Lipinski definition) is 0. The Morgan fingerprint density at radius 2 is 1.67 bits per heavy atom. The molecule has 0 radical (unpaired) electrons. The van der Waals surface area contributed by atoms with Crippen molar-refractivity contribution in [1.82, 2.24) is 40.4 Å². The van der Waals surface area contributed by atoms with Crippen molar-refractivity contribution in [2.75, 3.05) is 0 Å². The van der Waals surface area contributed by atoms with Crippen LogP contribution in [0, 0.1) is 0 Å². The van der Waals surface area contributed by atoms with Gasteiger partial charge in [-0.05, 0) is 39.9 Å². The first-order valence-electron chi connectivity index (χ1n) is 7.16. The van der Waals surface area contributed by atoms with E-state index >= 15 is 0 Å². The number of hydrogen-bond acceptors (Lipinski definition) is 6. The van der Waals surface area contributed by atoms with Gasteiger partial charge in [0.2, 0.25) is 5.82 Å². The van der Waals surface area contributed by atoms with Gasteiger partial charge < -0.3 is 0 Å². The molecule has 4 rings (SSSR count). The molecule has 0 aliphatic rings. The van der Waals surface area contributed by atoms with Crippen molar-refractivity contribution in [3.05, 3.63) is 65.4 Å². The predicted molar refractivity (Wildman–Crippen MR) is 86.5 cm³/mol. The minimum atomic E-state index is 0.301. The van der Waals surface area contributed by atoms with E-state index in [0.717, 1.165) is 11.3 Å². The number of rotatable bonds is 4. The molecule has 9 heteroatoms. The van der Waals surface area contributed by atoms with Gasteiger partial charge in [0.05, 0.1) is 5.69 Å². The Bertz CT molecular complexity index is 945. The summed E-state index contributed by atoms with van der Waals surface area (Å²) in [5, 5.41) is 24.9. The monoisotopic (exact) mass is 338 g/mol. The topological polar surface area (TPSA) is 87.2 Å². The van der Waals surface area contributed by atoms with Crippen molar-refractivity contribution in [3.63, 3.8) is 0 Å². The molecule has 2 heterocycles. The van der Waals surface area contributed by atoms with Crippen LogP contribution < -0.4 is 0 Å². The Labute approximate surface area is 141 Å². The molecule has 4 aromatic rings. The van der Waals surface area contributed by atoms with Crippen LogP contribution in [0.1, 0.15) is 5.82 Å². The van der Waals surface area contributed by atoms with Crippen LogP contribution in [0.15, 0.2) is 54.6 Å². The normalized spacial score (nSPS) is 10.9. The van der Waals surface area contributed by atoms with Crippen molar-refractivity contribution < 1.29 is 0 Å². The summed E-state index contributed by atoms with van der Waals surface area (Å²) in [6.45, 7) is 0.301. The van der Waals surface area contributed by atoms with E-state index in [1.54, 1.807) is 16.8 Å². The highest BCUT2D eigenvalue weighted by atomic mass is 35.5. The van der Waals surface area contributed by atoms with Gasteiger partial charge in [-0.25, -0.2) is 0 Å². The van der Waals surface area contributed by atoms with Gasteiger partial charge in [0.25, 0.3) is 0 Å². The summed E-state index contributed by atoms with van der Waals surface area (Å²) in [4.78, 5) is 1.46. The lowest BCUT2D eigenvalue weighted by atomic mass is 10.2. The second kappa shape index (κ2) is 6.17. The fraction of sp³-hybridized carbons (Fsp3) is 0.0667. The lowest BCUT2D eigenvalue weighted by molar-refractivity contribution is 0.545. The smallest absolute Gasteiger partial charge is 0.195 e. The molecule has 0 atom stereocenters. The molecule has 0 aliphatic carbocycles. The van der Waals surface area contributed by atoms with Gasteiger partial charge >= 0.3 is 0 Å². The van der Waals surface area contributed by atoms with Crippen LogP contribution in [0.25, 0.3) is 17.1 Å². The van der Waals surface area contributed by atoms with Gasteiger partial charge in [-0.15, -0.1) is 15.3 Å². The molecular formula is C15H11ClN8. The molecule has 2 aromatic heterocycles. The van der Waals surface area contributed by atoms with E-state index in [9.17, 15) is 0 Å². The highest BCUT2D eigenvalue weighted by Crippen LogP contribution is 2.15. The average Bonchev–Trinajstić information content (AvgIpc) is 3.27. The lowest BCUT2D eigenvalue weighted by Crippen LogP contribution is -2.11. The van der Waals surface area contributed by atoms with Crippen LogP contribution in [0.4, 0.5) is 0 Å². The van der Waals surface area contributed by atoms with Crippen molar-refractivity contribution >= 4 is 11.6 Å². The molecule has 0 amide bonds. The third kappa shape index (κ3) is 2.86. The van der Waals surface area contributed by atoms with Crippen LogP contribution >= 0.6 is 11.6 Å². The van der Waals surface area contributed by atoms with Crippen LogP contribution in [0.5, 0.6) is 0 Å². The van der Waals surface area contributed by atoms with Gasteiger partial charge in [-0.2, -0.15) is 9.48 Å². The molecule has 0 aliphatic heterocycles. The summed E-state index contributed by atoms with van der Waals surface area (Å²) in [6, 6.07) is 16.9. The summed E-state index contributed by atoms with van der Waals surface area (Å²) >= 11 is 5.91. The molecule has 0 fully saturated rings. The zero-order valence-electron chi connectivity index (χ0n) is 12.4. The molecule has 24 heavy (non-hydrogen) atoms. The zero-order chi connectivity index (χ0) is 16.4. The first kappa shape index (κ1) is 14.5. The number of aromatic nitrogens is 8. The molecule has 118 valence electrons. The van der Waals surface area contributed by atoms with Crippen molar-refractivity contribution in [2.45, 2.75) is 6.54 Å². The maximum absolute atomic E-state index is 5.91. The van der Waals surface area contributed by atoms with E-state index in [0.29, 0.717) is 23.2 Å². The van der Waals surface area contributed by atoms with Crippen LogP contribution in [-0.4, -0.2) is 40.4 Å². The minimum absolute atomic E-state index is 0.301. The van der Waals surface area contributed by atoms with E-state index in [1.165, 1.54) is 4.80 Å². The summed E-state index contributed by atoms with van der Waals surface area (Å²) in [5.74, 6) is 1.15. The van der Waals surface area contributed by atoms with Gasteiger partial charge in [0.1, 0.15) is 6.54 Å². The van der Waals surface area contributed by atoms with Crippen LogP contribution in [-0.2, 0) is 6.54 Å². The molecule has 0 saturated heterocycles. The first-order chi connectivity index (χ1) is 11.8. The summed E-state index contributed by atoms with van der Waals surface area (Å²) in [7, 11) is 0. The fourth-order valence-corrected chi connectivity index (χ4v) is 2.35. The predicted octanol–water partition coefficient (Wildman–Crippen LogP) is 2.02. The zero-order valence-corrected chi connectivity index (χ0v) is 13.1. The molecule has 0 spiro atoms. The number of nitrogens with zero attached hydrogens (tertiary/aromatic N) is 8. The molecule has 8 nitrogen and oxygen atoms in total. The van der Waals surface area contributed by atoms with Gasteiger partial charge in [0, 0.05) is 10.6 Å². The highest BCUT2D eigenvalue weighted by molar-refractivity contribution is 6.30. The number of benzene rings is 2. The molecule has 0 N–H and O–H groups in total. The summed E-state index contributed by atoms with van der Waals surface area (Å²) in [5.41, 5.74) is 1.71.